The molecule has 0 fully saturated rings. The highest BCUT2D eigenvalue weighted by molar-refractivity contribution is 5.14. The molecule has 1 atom stereocenters. The summed E-state index contributed by atoms with van der Waals surface area (Å²) in [5.41, 5.74) is 1.46. The molecule has 0 aromatic heterocycles. The Balaban J connectivity index is 2.23. The maximum absolute atomic E-state index is 3.45. The Morgan fingerprint density at radius 2 is 1.71 bits per heavy atom. The summed E-state index contributed by atoms with van der Waals surface area (Å²) in [6.07, 6.45) is 6.44. The lowest BCUT2D eigenvalue weighted by molar-refractivity contribution is 0.440. The van der Waals surface area contributed by atoms with Crippen molar-refractivity contribution in [3.05, 3.63) is 35.9 Å². The number of hydrogen-bond donors (Lipinski definition) is 1. The molecule has 0 heterocycles. The van der Waals surface area contributed by atoms with E-state index in [2.05, 4.69) is 56.5 Å². The fraction of sp³-hybridized carbons (Fsp3) is 0.625. The molecule has 0 aliphatic rings. The van der Waals surface area contributed by atoms with E-state index in [1.807, 2.05) is 0 Å². The fourth-order valence-electron chi connectivity index (χ4n) is 2.19. The first-order valence-electron chi connectivity index (χ1n) is 6.93. The second kappa shape index (κ2) is 8.30. The van der Waals surface area contributed by atoms with E-state index >= 15 is 0 Å². The minimum Gasteiger partial charge on any atom is -0.317 e. The zero-order valence-corrected chi connectivity index (χ0v) is 11.6. The third-order valence-electron chi connectivity index (χ3n) is 3.37. The van der Waals surface area contributed by atoms with Crippen molar-refractivity contribution < 1.29 is 0 Å². The molecule has 0 aliphatic carbocycles. The Bertz CT molecular complexity index is 279. The van der Waals surface area contributed by atoms with Crippen LogP contribution in [0.4, 0.5) is 0 Å². The number of hydrogen-bond acceptors (Lipinski definition) is 1. The average Bonchev–Trinajstić information content (AvgIpc) is 2.34. The van der Waals surface area contributed by atoms with Crippen LogP contribution in [0.1, 0.15) is 45.1 Å². The van der Waals surface area contributed by atoms with E-state index in [0.717, 1.165) is 5.92 Å². The molecule has 0 amide bonds. The third-order valence-corrected chi connectivity index (χ3v) is 3.37. The molecular formula is C16H27N. The highest BCUT2D eigenvalue weighted by Gasteiger charge is 2.06. The van der Waals surface area contributed by atoms with Crippen LogP contribution in [-0.2, 0) is 6.42 Å². The maximum Gasteiger partial charge on any atom is 0.00672 e. The number of rotatable bonds is 8. The van der Waals surface area contributed by atoms with Crippen LogP contribution in [0.15, 0.2) is 30.3 Å². The van der Waals surface area contributed by atoms with Crippen molar-refractivity contribution in [1.82, 2.24) is 5.32 Å². The van der Waals surface area contributed by atoms with E-state index in [1.54, 1.807) is 0 Å². The van der Waals surface area contributed by atoms with Crippen molar-refractivity contribution in [3.63, 3.8) is 0 Å². The summed E-state index contributed by atoms with van der Waals surface area (Å²) in [6.45, 7) is 4.61. The zero-order valence-electron chi connectivity index (χ0n) is 11.6. The monoisotopic (exact) mass is 233 g/mol. The predicted octanol–water partition coefficient (Wildman–Crippen LogP) is 4.03. The molecule has 0 spiro atoms. The van der Waals surface area contributed by atoms with Crippen LogP contribution in [0, 0.1) is 5.92 Å². The summed E-state index contributed by atoms with van der Waals surface area (Å²) >= 11 is 0. The standard InChI is InChI=1S/C16H27N/c1-14(2)8-7-11-16(17-3)13-12-15-9-5-4-6-10-15/h4-6,9-10,14,16-17H,7-8,11-13H2,1-3H3. The summed E-state index contributed by atoms with van der Waals surface area (Å²) in [4.78, 5) is 0. The molecule has 1 unspecified atom stereocenters. The summed E-state index contributed by atoms with van der Waals surface area (Å²) in [7, 11) is 2.09. The second-order valence-corrected chi connectivity index (χ2v) is 5.33. The van der Waals surface area contributed by atoms with E-state index in [9.17, 15) is 0 Å². The minimum atomic E-state index is 0.675. The van der Waals surface area contributed by atoms with Crippen molar-refractivity contribution >= 4 is 0 Å². The topological polar surface area (TPSA) is 12.0 Å². The lowest BCUT2D eigenvalue weighted by Crippen LogP contribution is -2.25. The van der Waals surface area contributed by atoms with Gasteiger partial charge in [-0.25, -0.2) is 0 Å². The minimum absolute atomic E-state index is 0.675. The van der Waals surface area contributed by atoms with Crippen LogP contribution in [-0.4, -0.2) is 13.1 Å². The van der Waals surface area contributed by atoms with E-state index in [1.165, 1.54) is 37.7 Å². The first-order chi connectivity index (χ1) is 8.22. The van der Waals surface area contributed by atoms with E-state index < -0.39 is 0 Å². The van der Waals surface area contributed by atoms with E-state index in [-0.39, 0.29) is 0 Å². The lowest BCUT2D eigenvalue weighted by Gasteiger charge is -2.16. The molecule has 1 heteroatoms. The van der Waals surface area contributed by atoms with Crippen LogP contribution in [0.3, 0.4) is 0 Å². The average molecular weight is 233 g/mol. The molecule has 0 saturated carbocycles. The summed E-state index contributed by atoms with van der Waals surface area (Å²) in [6, 6.07) is 11.5. The molecule has 17 heavy (non-hydrogen) atoms. The normalized spacial score (nSPS) is 12.9. The molecule has 0 radical (unpaired) electrons. The number of aryl methyl sites for hydroxylation is 1. The first kappa shape index (κ1) is 14.2. The van der Waals surface area contributed by atoms with Crippen molar-refractivity contribution in [2.45, 2.75) is 52.0 Å². The largest absolute Gasteiger partial charge is 0.317 e. The van der Waals surface area contributed by atoms with Gasteiger partial charge in [0.1, 0.15) is 0 Å². The summed E-state index contributed by atoms with van der Waals surface area (Å²) < 4.78 is 0. The van der Waals surface area contributed by atoms with Gasteiger partial charge in [-0.15, -0.1) is 0 Å². The smallest absolute Gasteiger partial charge is 0.00672 e. The van der Waals surface area contributed by atoms with Gasteiger partial charge in [0.2, 0.25) is 0 Å². The molecule has 0 bridgehead atoms. The molecular weight excluding hydrogens is 206 g/mol. The van der Waals surface area contributed by atoms with Gasteiger partial charge in [-0.2, -0.15) is 0 Å². The van der Waals surface area contributed by atoms with Crippen LogP contribution in [0.25, 0.3) is 0 Å². The lowest BCUT2D eigenvalue weighted by atomic mass is 9.98. The van der Waals surface area contributed by atoms with Gasteiger partial charge < -0.3 is 5.32 Å². The summed E-state index contributed by atoms with van der Waals surface area (Å²) in [5, 5.41) is 3.45. The first-order valence-corrected chi connectivity index (χ1v) is 6.93. The van der Waals surface area contributed by atoms with E-state index in [4.69, 9.17) is 0 Å². The predicted molar refractivity (Wildman–Crippen MR) is 76.3 cm³/mol. The third kappa shape index (κ3) is 6.48. The molecule has 1 aromatic rings. The molecule has 1 rings (SSSR count). The van der Waals surface area contributed by atoms with Gasteiger partial charge in [-0.1, -0.05) is 57.0 Å². The van der Waals surface area contributed by atoms with Gasteiger partial charge in [0.15, 0.2) is 0 Å². The van der Waals surface area contributed by atoms with Crippen LogP contribution in [0.5, 0.6) is 0 Å². The van der Waals surface area contributed by atoms with Gasteiger partial charge in [-0.05, 0) is 37.8 Å². The van der Waals surface area contributed by atoms with Crippen LogP contribution in [0.2, 0.25) is 0 Å². The van der Waals surface area contributed by atoms with Crippen LogP contribution < -0.4 is 5.32 Å². The van der Waals surface area contributed by atoms with Gasteiger partial charge in [0.25, 0.3) is 0 Å². The number of benzene rings is 1. The van der Waals surface area contributed by atoms with Gasteiger partial charge in [-0.3, -0.25) is 0 Å². The van der Waals surface area contributed by atoms with Crippen molar-refractivity contribution in [3.8, 4) is 0 Å². The quantitative estimate of drug-likeness (QED) is 0.714. The maximum atomic E-state index is 3.45. The van der Waals surface area contributed by atoms with Gasteiger partial charge in [0, 0.05) is 6.04 Å². The second-order valence-electron chi connectivity index (χ2n) is 5.33. The Morgan fingerprint density at radius 1 is 1.00 bits per heavy atom. The van der Waals surface area contributed by atoms with E-state index in [0.29, 0.717) is 6.04 Å². The molecule has 1 nitrogen and oxygen atoms in total. The Kier molecular flexibility index (Phi) is 6.95. The Morgan fingerprint density at radius 3 is 2.29 bits per heavy atom. The molecule has 96 valence electrons. The summed E-state index contributed by atoms with van der Waals surface area (Å²) in [5.74, 6) is 0.835. The fourth-order valence-corrected chi connectivity index (χ4v) is 2.19. The zero-order chi connectivity index (χ0) is 12.5. The molecule has 0 saturated heterocycles. The van der Waals surface area contributed by atoms with Gasteiger partial charge >= 0.3 is 0 Å². The molecule has 1 aromatic carbocycles. The Labute approximate surface area is 107 Å². The SMILES string of the molecule is CNC(CCCC(C)C)CCc1ccccc1. The highest BCUT2D eigenvalue weighted by atomic mass is 14.9. The van der Waals surface area contributed by atoms with Gasteiger partial charge in [0.05, 0.1) is 0 Å². The van der Waals surface area contributed by atoms with Crippen molar-refractivity contribution in [2.24, 2.45) is 5.92 Å². The van der Waals surface area contributed by atoms with Crippen LogP contribution >= 0.6 is 0 Å². The number of nitrogens with one attached hydrogen (secondary N) is 1. The van der Waals surface area contributed by atoms with Crippen molar-refractivity contribution in [2.75, 3.05) is 7.05 Å². The highest BCUT2D eigenvalue weighted by Crippen LogP contribution is 2.12. The molecule has 1 N–H and O–H groups in total. The van der Waals surface area contributed by atoms with Crippen molar-refractivity contribution in [1.29, 1.82) is 0 Å². The Hall–Kier alpha value is -0.820. The molecule has 0 aliphatic heterocycles.